The Morgan fingerprint density at radius 3 is 2.50 bits per heavy atom. The molecule has 0 bridgehead atoms. The lowest BCUT2D eigenvalue weighted by Crippen LogP contribution is -2.00. The number of imidazole rings is 1. The summed E-state index contributed by atoms with van der Waals surface area (Å²) < 4.78 is 2.13. The van der Waals surface area contributed by atoms with Gasteiger partial charge in [-0.05, 0) is 49.6 Å². The summed E-state index contributed by atoms with van der Waals surface area (Å²) in [4.78, 5) is 4.77. The van der Waals surface area contributed by atoms with Crippen LogP contribution in [0, 0.1) is 20.8 Å². The number of para-hydroxylation sites is 1. The van der Waals surface area contributed by atoms with Crippen LogP contribution in [-0.4, -0.2) is 9.55 Å². The summed E-state index contributed by atoms with van der Waals surface area (Å²) in [6.45, 7) is 6.24. The van der Waals surface area contributed by atoms with Crippen molar-refractivity contribution >= 4 is 16.7 Å². The van der Waals surface area contributed by atoms with Crippen LogP contribution < -0.4 is 5.73 Å². The molecule has 0 saturated heterocycles. The van der Waals surface area contributed by atoms with Gasteiger partial charge in [-0.1, -0.05) is 18.2 Å². The first-order valence-electron chi connectivity index (χ1n) is 6.78. The fourth-order valence-corrected chi connectivity index (χ4v) is 2.87. The van der Waals surface area contributed by atoms with E-state index in [9.17, 15) is 0 Å². The monoisotopic (exact) mass is 265 g/mol. The van der Waals surface area contributed by atoms with Crippen molar-refractivity contribution in [3.63, 3.8) is 0 Å². The molecule has 3 aromatic rings. The van der Waals surface area contributed by atoms with E-state index in [2.05, 4.69) is 43.7 Å². The highest BCUT2D eigenvalue weighted by Crippen LogP contribution is 2.32. The zero-order valence-corrected chi connectivity index (χ0v) is 12.4. The van der Waals surface area contributed by atoms with Gasteiger partial charge in [0.15, 0.2) is 0 Å². The second-order valence-electron chi connectivity index (χ2n) is 5.48. The SMILES string of the molecule is Cc1cc(C)c(N)c(-c2nc3cccc(C)c3n2C)c1. The molecule has 0 saturated carbocycles. The third kappa shape index (κ3) is 1.78. The summed E-state index contributed by atoms with van der Waals surface area (Å²) in [5, 5.41) is 0. The Hall–Kier alpha value is -2.29. The Bertz CT molecular complexity index is 813. The standard InChI is InChI=1S/C17H19N3/c1-10-8-12(3)15(18)13(9-10)17-19-14-7-5-6-11(2)16(14)20(17)4/h5-9H,18H2,1-4H3. The highest BCUT2D eigenvalue weighted by atomic mass is 15.1. The largest absolute Gasteiger partial charge is 0.398 e. The molecule has 0 atom stereocenters. The molecule has 1 aromatic heterocycles. The van der Waals surface area contributed by atoms with E-state index in [4.69, 9.17) is 10.7 Å². The average Bonchev–Trinajstić information content (AvgIpc) is 2.72. The Balaban J connectivity index is 2.36. The molecule has 0 spiro atoms. The minimum absolute atomic E-state index is 0.812. The fourth-order valence-electron chi connectivity index (χ4n) is 2.87. The maximum atomic E-state index is 6.26. The number of nitrogen functional groups attached to an aromatic ring is 1. The molecule has 0 fully saturated rings. The minimum Gasteiger partial charge on any atom is -0.398 e. The van der Waals surface area contributed by atoms with E-state index < -0.39 is 0 Å². The number of nitrogens with two attached hydrogens (primary N) is 1. The van der Waals surface area contributed by atoms with Crippen LogP contribution in [0.3, 0.4) is 0 Å². The van der Waals surface area contributed by atoms with Crippen LogP contribution in [0.1, 0.15) is 16.7 Å². The molecule has 0 amide bonds. The predicted molar refractivity (Wildman–Crippen MR) is 84.8 cm³/mol. The van der Waals surface area contributed by atoms with Crippen molar-refractivity contribution in [2.75, 3.05) is 5.73 Å². The first-order chi connectivity index (χ1) is 9.49. The zero-order valence-electron chi connectivity index (χ0n) is 12.4. The zero-order chi connectivity index (χ0) is 14.4. The molecule has 102 valence electrons. The quantitative estimate of drug-likeness (QED) is 0.681. The molecule has 0 aliphatic heterocycles. The minimum atomic E-state index is 0.812. The number of hydrogen-bond acceptors (Lipinski definition) is 2. The summed E-state index contributed by atoms with van der Waals surface area (Å²) in [5.74, 6) is 0.929. The maximum absolute atomic E-state index is 6.26. The van der Waals surface area contributed by atoms with Gasteiger partial charge in [0, 0.05) is 18.3 Å². The number of aromatic nitrogens is 2. The van der Waals surface area contributed by atoms with Crippen molar-refractivity contribution in [3.8, 4) is 11.4 Å². The fraction of sp³-hybridized carbons (Fsp3) is 0.235. The number of nitrogens with zero attached hydrogens (tertiary/aromatic N) is 2. The lowest BCUT2D eigenvalue weighted by Gasteiger charge is -2.10. The van der Waals surface area contributed by atoms with E-state index in [1.54, 1.807) is 0 Å². The van der Waals surface area contributed by atoms with Gasteiger partial charge in [0.1, 0.15) is 5.82 Å². The maximum Gasteiger partial charge on any atom is 0.142 e. The van der Waals surface area contributed by atoms with Gasteiger partial charge in [0.25, 0.3) is 0 Å². The van der Waals surface area contributed by atoms with Gasteiger partial charge in [-0.3, -0.25) is 0 Å². The molecule has 2 N–H and O–H groups in total. The number of rotatable bonds is 1. The number of anilines is 1. The molecule has 0 unspecified atom stereocenters. The van der Waals surface area contributed by atoms with Crippen molar-refractivity contribution in [2.24, 2.45) is 7.05 Å². The second-order valence-corrected chi connectivity index (χ2v) is 5.48. The smallest absolute Gasteiger partial charge is 0.142 e. The van der Waals surface area contributed by atoms with Crippen molar-refractivity contribution in [2.45, 2.75) is 20.8 Å². The summed E-state index contributed by atoms with van der Waals surface area (Å²) in [7, 11) is 2.05. The van der Waals surface area contributed by atoms with Gasteiger partial charge < -0.3 is 10.3 Å². The Morgan fingerprint density at radius 2 is 1.80 bits per heavy atom. The van der Waals surface area contributed by atoms with E-state index in [0.29, 0.717) is 0 Å². The highest BCUT2D eigenvalue weighted by molar-refractivity contribution is 5.86. The molecule has 2 aromatic carbocycles. The van der Waals surface area contributed by atoms with Gasteiger partial charge in [0.2, 0.25) is 0 Å². The summed E-state index contributed by atoms with van der Waals surface area (Å²) >= 11 is 0. The van der Waals surface area contributed by atoms with Gasteiger partial charge in [-0.2, -0.15) is 0 Å². The van der Waals surface area contributed by atoms with Crippen LogP contribution in [0.2, 0.25) is 0 Å². The van der Waals surface area contributed by atoms with E-state index in [1.807, 2.05) is 19.1 Å². The van der Waals surface area contributed by atoms with E-state index in [1.165, 1.54) is 16.6 Å². The van der Waals surface area contributed by atoms with Gasteiger partial charge >= 0.3 is 0 Å². The van der Waals surface area contributed by atoms with Crippen LogP contribution in [0.5, 0.6) is 0 Å². The van der Waals surface area contributed by atoms with Crippen LogP contribution in [-0.2, 0) is 7.05 Å². The first-order valence-corrected chi connectivity index (χ1v) is 6.78. The molecule has 3 rings (SSSR count). The van der Waals surface area contributed by atoms with Crippen LogP contribution >= 0.6 is 0 Å². The van der Waals surface area contributed by atoms with Crippen molar-refractivity contribution in [1.82, 2.24) is 9.55 Å². The van der Waals surface area contributed by atoms with Crippen LogP contribution in [0.25, 0.3) is 22.4 Å². The molecule has 3 heteroatoms. The number of benzene rings is 2. The van der Waals surface area contributed by atoms with Crippen molar-refractivity contribution in [1.29, 1.82) is 0 Å². The molecular formula is C17H19N3. The first kappa shape index (κ1) is 12.7. The molecule has 0 aliphatic rings. The van der Waals surface area contributed by atoms with E-state index in [0.717, 1.165) is 28.2 Å². The number of aryl methyl sites for hydroxylation is 4. The Kier molecular flexibility index (Phi) is 2.78. The van der Waals surface area contributed by atoms with Gasteiger partial charge in [-0.25, -0.2) is 4.98 Å². The van der Waals surface area contributed by atoms with Crippen LogP contribution in [0.15, 0.2) is 30.3 Å². The number of hydrogen-bond donors (Lipinski definition) is 1. The van der Waals surface area contributed by atoms with E-state index in [-0.39, 0.29) is 0 Å². The summed E-state index contributed by atoms with van der Waals surface area (Å²) in [6.07, 6.45) is 0. The summed E-state index contributed by atoms with van der Waals surface area (Å²) in [6, 6.07) is 10.4. The molecule has 1 heterocycles. The van der Waals surface area contributed by atoms with Gasteiger partial charge in [-0.15, -0.1) is 0 Å². The molecule has 0 radical (unpaired) electrons. The van der Waals surface area contributed by atoms with Crippen molar-refractivity contribution in [3.05, 3.63) is 47.0 Å². The molecule has 0 aliphatic carbocycles. The summed E-state index contributed by atoms with van der Waals surface area (Å²) in [5.41, 5.74) is 13.8. The van der Waals surface area contributed by atoms with E-state index >= 15 is 0 Å². The molecule has 3 nitrogen and oxygen atoms in total. The lowest BCUT2D eigenvalue weighted by molar-refractivity contribution is 0.955. The molecular weight excluding hydrogens is 246 g/mol. The van der Waals surface area contributed by atoms with Gasteiger partial charge in [0.05, 0.1) is 11.0 Å². The second kappa shape index (κ2) is 4.37. The normalized spacial score (nSPS) is 11.2. The van der Waals surface area contributed by atoms with Crippen LogP contribution in [0.4, 0.5) is 5.69 Å². The topological polar surface area (TPSA) is 43.8 Å². The predicted octanol–water partition coefficient (Wildman–Crippen LogP) is 3.75. The lowest BCUT2D eigenvalue weighted by atomic mass is 10.0. The average molecular weight is 265 g/mol. The highest BCUT2D eigenvalue weighted by Gasteiger charge is 2.14. The Labute approximate surface area is 119 Å². The van der Waals surface area contributed by atoms with Crippen molar-refractivity contribution < 1.29 is 0 Å². The Morgan fingerprint density at radius 1 is 1.05 bits per heavy atom. The molecule has 20 heavy (non-hydrogen) atoms. The third-order valence-corrected chi connectivity index (χ3v) is 3.87. The number of fused-ring (bicyclic) bond motifs is 1. The third-order valence-electron chi connectivity index (χ3n) is 3.87.